The molecule has 0 heterocycles. The number of nitro benzene ring substituents is 1. The first kappa shape index (κ1) is 22.7. The van der Waals surface area contributed by atoms with Crippen LogP contribution in [0, 0.1) is 17.0 Å². The molecule has 0 saturated heterocycles. The lowest BCUT2D eigenvalue weighted by Crippen LogP contribution is -2.19. The third kappa shape index (κ3) is 5.03. The van der Waals surface area contributed by atoms with Gasteiger partial charge in [0.15, 0.2) is 5.75 Å². The van der Waals surface area contributed by atoms with Crippen LogP contribution < -0.4 is 14.9 Å². The lowest BCUT2D eigenvalue weighted by molar-refractivity contribution is -0.386. The van der Waals surface area contributed by atoms with E-state index in [2.05, 4.69) is 10.5 Å². The van der Waals surface area contributed by atoms with E-state index in [1.165, 1.54) is 19.4 Å². The highest BCUT2D eigenvalue weighted by Gasteiger charge is 2.22. The van der Waals surface area contributed by atoms with E-state index in [0.717, 1.165) is 29.2 Å². The Bertz CT molecular complexity index is 1170. The van der Waals surface area contributed by atoms with Gasteiger partial charge in [0.2, 0.25) is 5.75 Å². The number of fused-ring (bicyclic) bond motifs is 1. The molecule has 8 heteroatoms. The van der Waals surface area contributed by atoms with Crippen molar-refractivity contribution >= 4 is 28.6 Å². The SMILES string of the molecule is CCCCOc1c(OC)cc(/C=N\NC(=O)c2c(C)ccc3ccccc23)cc1[N+](=O)[O-]. The van der Waals surface area contributed by atoms with Crippen LogP contribution in [0.1, 0.15) is 41.3 Å². The first-order chi connectivity index (χ1) is 15.5. The van der Waals surface area contributed by atoms with Gasteiger partial charge in [-0.05, 0) is 35.7 Å². The van der Waals surface area contributed by atoms with Gasteiger partial charge in [0, 0.05) is 11.6 Å². The summed E-state index contributed by atoms with van der Waals surface area (Å²) in [4.78, 5) is 23.8. The van der Waals surface area contributed by atoms with Crippen molar-refractivity contribution in [2.45, 2.75) is 26.7 Å². The summed E-state index contributed by atoms with van der Waals surface area (Å²) in [7, 11) is 1.41. The Morgan fingerprint density at radius 1 is 1.22 bits per heavy atom. The summed E-state index contributed by atoms with van der Waals surface area (Å²) in [6.07, 6.45) is 3.00. The van der Waals surface area contributed by atoms with Crippen LogP contribution in [-0.2, 0) is 0 Å². The number of carbonyl (C=O) groups excluding carboxylic acids is 1. The average Bonchev–Trinajstić information content (AvgIpc) is 2.79. The van der Waals surface area contributed by atoms with E-state index in [0.29, 0.717) is 17.7 Å². The number of hydrogen-bond acceptors (Lipinski definition) is 6. The summed E-state index contributed by atoms with van der Waals surface area (Å²) in [5.41, 5.74) is 4.04. The molecule has 3 rings (SSSR count). The van der Waals surface area contributed by atoms with Crippen molar-refractivity contribution in [1.29, 1.82) is 0 Å². The maximum absolute atomic E-state index is 12.8. The molecule has 0 unspecified atom stereocenters. The van der Waals surface area contributed by atoms with Crippen molar-refractivity contribution in [1.82, 2.24) is 5.43 Å². The Hall–Kier alpha value is -3.94. The molecule has 8 nitrogen and oxygen atoms in total. The third-order valence-electron chi connectivity index (χ3n) is 4.96. The smallest absolute Gasteiger partial charge is 0.315 e. The van der Waals surface area contributed by atoms with E-state index >= 15 is 0 Å². The summed E-state index contributed by atoms with van der Waals surface area (Å²) < 4.78 is 10.9. The van der Waals surface area contributed by atoms with E-state index in [9.17, 15) is 14.9 Å². The van der Waals surface area contributed by atoms with Crippen LogP contribution >= 0.6 is 0 Å². The molecule has 0 atom stereocenters. The van der Waals surface area contributed by atoms with Gasteiger partial charge in [-0.2, -0.15) is 5.10 Å². The van der Waals surface area contributed by atoms with E-state index in [1.54, 1.807) is 6.07 Å². The predicted octanol–water partition coefficient (Wildman–Crippen LogP) is 5.01. The molecule has 0 bridgehead atoms. The fourth-order valence-electron chi connectivity index (χ4n) is 3.34. The number of carbonyl (C=O) groups is 1. The largest absolute Gasteiger partial charge is 0.493 e. The molecular formula is C24H25N3O5. The van der Waals surface area contributed by atoms with Crippen LogP contribution in [0.3, 0.4) is 0 Å². The number of aryl methyl sites for hydroxylation is 1. The van der Waals surface area contributed by atoms with Gasteiger partial charge in [0.1, 0.15) is 0 Å². The fraction of sp³-hybridized carbons (Fsp3) is 0.250. The van der Waals surface area contributed by atoms with E-state index in [4.69, 9.17) is 9.47 Å². The predicted molar refractivity (Wildman–Crippen MR) is 124 cm³/mol. The van der Waals surface area contributed by atoms with Crippen molar-refractivity contribution in [3.63, 3.8) is 0 Å². The topological polar surface area (TPSA) is 103 Å². The van der Waals surface area contributed by atoms with Crippen molar-refractivity contribution in [2.75, 3.05) is 13.7 Å². The van der Waals surface area contributed by atoms with Crippen LogP contribution in [0.15, 0.2) is 53.6 Å². The lowest BCUT2D eigenvalue weighted by Gasteiger charge is -2.11. The first-order valence-corrected chi connectivity index (χ1v) is 10.3. The Balaban J connectivity index is 1.85. The first-order valence-electron chi connectivity index (χ1n) is 10.3. The molecule has 3 aromatic carbocycles. The fourth-order valence-corrected chi connectivity index (χ4v) is 3.34. The monoisotopic (exact) mass is 435 g/mol. The Labute approximate surface area is 186 Å². The second kappa shape index (κ2) is 10.4. The zero-order valence-electron chi connectivity index (χ0n) is 18.3. The molecule has 0 radical (unpaired) electrons. The highest BCUT2D eigenvalue weighted by atomic mass is 16.6. The molecule has 0 saturated carbocycles. The van der Waals surface area contributed by atoms with Crippen molar-refractivity contribution in [2.24, 2.45) is 5.10 Å². The number of hydrazone groups is 1. The molecule has 32 heavy (non-hydrogen) atoms. The highest BCUT2D eigenvalue weighted by Crippen LogP contribution is 2.38. The zero-order valence-corrected chi connectivity index (χ0v) is 18.3. The van der Waals surface area contributed by atoms with Gasteiger partial charge in [-0.3, -0.25) is 14.9 Å². The van der Waals surface area contributed by atoms with Gasteiger partial charge in [-0.1, -0.05) is 49.7 Å². The van der Waals surface area contributed by atoms with E-state index < -0.39 is 4.92 Å². The molecule has 0 fully saturated rings. The Morgan fingerprint density at radius 3 is 2.72 bits per heavy atom. The van der Waals surface area contributed by atoms with Crippen molar-refractivity contribution in [3.05, 3.63) is 75.3 Å². The van der Waals surface area contributed by atoms with Crippen LogP contribution in [-0.4, -0.2) is 30.8 Å². The van der Waals surface area contributed by atoms with Crippen LogP contribution in [0.5, 0.6) is 11.5 Å². The summed E-state index contributed by atoms with van der Waals surface area (Å²) in [6.45, 7) is 4.21. The summed E-state index contributed by atoms with van der Waals surface area (Å²) >= 11 is 0. The molecule has 1 N–H and O–H groups in total. The molecular weight excluding hydrogens is 410 g/mol. The Morgan fingerprint density at radius 2 is 2.00 bits per heavy atom. The number of hydrogen-bond donors (Lipinski definition) is 1. The van der Waals surface area contributed by atoms with Gasteiger partial charge < -0.3 is 9.47 Å². The molecule has 3 aromatic rings. The van der Waals surface area contributed by atoms with Crippen LogP contribution in [0.25, 0.3) is 10.8 Å². The van der Waals surface area contributed by atoms with Gasteiger partial charge in [0.25, 0.3) is 5.91 Å². The number of amides is 1. The number of nitrogens with one attached hydrogen (secondary N) is 1. The minimum atomic E-state index is -0.529. The maximum Gasteiger partial charge on any atom is 0.315 e. The number of methoxy groups -OCH3 is 1. The quantitative estimate of drug-likeness (QED) is 0.220. The summed E-state index contributed by atoms with van der Waals surface area (Å²) in [5, 5.41) is 17.3. The second-order valence-electron chi connectivity index (χ2n) is 7.21. The standard InChI is InChI=1S/C24H25N3O5/c1-4-5-12-32-23-20(27(29)30)13-17(14-21(23)31-3)15-25-26-24(28)22-16(2)10-11-18-8-6-7-9-19(18)22/h6-11,13-15H,4-5,12H2,1-3H3,(H,26,28)/b25-15-. The molecule has 0 aromatic heterocycles. The van der Waals surface area contributed by atoms with Crippen molar-refractivity contribution < 1.29 is 19.2 Å². The second-order valence-corrected chi connectivity index (χ2v) is 7.21. The summed E-state index contributed by atoms with van der Waals surface area (Å²) in [6, 6.07) is 14.4. The molecule has 0 aliphatic rings. The molecule has 0 aliphatic heterocycles. The molecule has 0 aliphatic carbocycles. The maximum atomic E-state index is 12.8. The number of nitro groups is 1. The lowest BCUT2D eigenvalue weighted by atomic mass is 9.99. The normalized spacial score (nSPS) is 11.0. The zero-order chi connectivity index (χ0) is 23.1. The molecule has 0 spiro atoms. The average molecular weight is 435 g/mol. The molecule has 166 valence electrons. The van der Waals surface area contributed by atoms with Crippen LogP contribution in [0.2, 0.25) is 0 Å². The van der Waals surface area contributed by atoms with E-state index in [1.807, 2.05) is 50.2 Å². The van der Waals surface area contributed by atoms with E-state index in [-0.39, 0.29) is 23.1 Å². The number of ether oxygens (including phenoxy) is 2. The van der Waals surface area contributed by atoms with Gasteiger partial charge >= 0.3 is 5.69 Å². The minimum absolute atomic E-state index is 0.0820. The van der Waals surface area contributed by atoms with Gasteiger partial charge in [-0.15, -0.1) is 0 Å². The number of benzene rings is 3. The third-order valence-corrected chi connectivity index (χ3v) is 4.96. The molecule has 1 amide bonds. The number of rotatable bonds is 9. The highest BCUT2D eigenvalue weighted by molar-refractivity contribution is 6.08. The Kier molecular flexibility index (Phi) is 7.38. The van der Waals surface area contributed by atoms with Gasteiger partial charge in [-0.25, -0.2) is 5.43 Å². The number of unbranched alkanes of at least 4 members (excludes halogenated alkanes) is 1. The minimum Gasteiger partial charge on any atom is -0.493 e. The van der Waals surface area contributed by atoms with Crippen LogP contribution in [0.4, 0.5) is 5.69 Å². The number of nitrogens with zero attached hydrogens (tertiary/aromatic N) is 2. The van der Waals surface area contributed by atoms with Gasteiger partial charge in [0.05, 0.1) is 30.4 Å². The summed E-state index contributed by atoms with van der Waals surface area (Å²) in [5.74, 6) is -0.0528. The van der Waals surface area contributed by atoms with Crippen molar-refractivity contribution in [3.8, 4) is 11.5 Å².